The number of hydrogen-bond donors (Lipinski definition) is 1. The van der Waals surface area contributed by atoms with Gasteiger partial charge < -0.3 is 9.88 Å². The summed E-state index contributed by atoms with van der Waals surface area (Å²) in [6.07, 6.45) is 2.91. The van der Waals surface area contributed by atoms with Gasteiger partial charge in [-0.15, -0.1) is 11.3 Å². The number of nitrogens with zero attached hydrogens (tertiary/aromatic N) is 1. The van der Waals surface area contributed by atoms with Crippen molar-refractivity contribution < 1.29 is 0 Å². The van der Waals surface area contributed by atoms with E-state index in [4.69, 9.17) is 0 Å². The summed E-state index contributed by atoms with van der Waals surface area (Å²) in [5, 5.41) is 3.41. The molecule has 1 unspecified atom stereocenters. The van der Waals surface area contributed by atoms with E-state index in [1.807, 2.05) is 23.6 Å². The topological polar surface area (TPSA) is 34.0 Å². The summed E-state index contributed by atoms with van der Waals surface area (Å²) in [7, 11) is 1.76. The number of aromatic nitrogens is 1. The van der Waals surface area contributed by atoms with E-state index < -0.39 is 0 Å². The van der Waals surface area contributed by atoms with Crippen LogP contribution in [-0.2, 0) is 13.5 Å². The highest BCUT2D eigenvalue weighted by Crippen LogP contribution is 2.26. The molecule has 0 bridgehead atoms. The normalized spacial score (nSPS) is 12.4. The Morgan fingerprint density at radius 2 is 2.11 bits per heavy atom. The fourth-order valence-electron chi connectivity index (χ4n) is 1.82. The first-order valence-corrected chi connectivity index (χ1v) is 6.93. The van der Waals surface area contributed by atoms with Crippen molar-refractivity contribution in [2.24, 2.45) is 7.05 Å². The summed E-state index contributed by atoms with van der Waals surface area (Å²) in [5.41, 5.74) is 0.980. The zero-order chi connectivity index (χ0) is 13.1. The lowest BCUT2D eigenvalue weighted by Gasteiger charge is -2.14. The maximum atomic E-state index is 11.3. The summed E-state index contributed by atoms with van der Waals surface area (Å²) in [6.45, 7) is 4.30. The molecule has 0 aliphatic heterocycles. The molecule has 0 fully saturated rings. The Morgan fingerprint density at radius 1 is 1.33 bits per heavy atom. The van der Waals surface area contributed by atoms with Gasteiger partial charge in [0, 0.05) is 29.1 Å². The summed E-state index contributed by atoms with van der Waals surface area (Å²) < 4.78 is 1.58. The number of pyridine rings is 1. The maximum absolute atomic E-state index is 11.3. The minimum absolute atomic E-state index is 0.0117. The van der Waals surface area contributed by atoms with Crippen LogP contribution in [0.25, 0.3) is 0 Å². The molecule has 0 aliphatic rings. The van der Waals surface area contributed by atoms with Gasteiger partial charge in [-0.05, 0) is 31.5 Å². The van der Waals surface area contributed by atoms with Gasteiger partial charge in [0.25, 0.3) is 0 Å². The molecule has 0 radical (unpaired) electrons. The third-order valence-electron chi connectivity index (χ3n) is 2.93. The highest BCUT2D eigenvalue weighted by Gasteiger charge is 2.08. The number of thiophene rings is 1. The van der Waals surface area contributed by atoms with Crippen molar-refractivity contribution in [3.05, 3.63) is 50.6 Å². The first-order valence-electron chi connectivity index (χ1n) is 6.12. The van der Waals surface area contributed by atoms with E-state index in [9.17, 15) is 4.79 Å². The molecule has 0 saturated carbocycles. The van der Waals surface area contributed by atoms with Crippen LogP contribution in [0, 0.1) is 0 Å². The average Bonchev–Trinajstić information content (AvgIpc) is 2.82. The van der Waals surface area contributed by atoms with E-state index in [0.29, 0.717) is 0 Å². The lowest BCUT2D eigenvalue weighted by Crippen LogP contribution is -2.16. The van der Waals surface area contributed by atoms with Crippen molar-refractivity contribution in [3.8, 4) is 0 Å². The summed E-state index contributed by atoms with van der Waals surface area (Å²) in [5.74, 6) is 0. The van der Waals surface area contributed by atoms with Crippen molar-refractivity contribution in [2.75, 3.05) is 5.32 Å². The van der Waals surface area contributed by atoms with Crippen molar-refractivity contribution in [1.82, 2.24) is 4.57 Å². The molecule has 0 amide bonds. The van der Waals surface area contributed by atoms with Crippen molar-refractivity contribution in [2.45, 2.75) is 26.3 Å². The monoisotopic (exact) mass is 262 g/mol. The molecular weight excluding hydrogens is 244 g/mol. The number of anilines is 1. The molecule has 18 heavy (non-hydrogen) atoms. The van der Waals surface area contributed by atoms with Crippen LogP contribution >= 0.6 is 11.3 Å². The van der Waals surface area contributed by atoms with Gasteiger partial charge in [0.2, 0.25) is 5.56 Å². The largest absolute Gasteiger partial charge is 0.377 e. The molecule has 0 spiro atoms. The van der Waals surface area contributed by atoms with Crippen LogP contribution in [0.5, 0.6) is 0 Å². The smallest absolute Gasteiger partial charge is 0.250 e. The molecule has 0 saturated heterocycles. The first kappa shape index (κ1) is 12.9. The van der Waals surface area contributed by atoms with Crippen LogP contribution in [0.4, 0.5) is 5.69 Å². The van der Waals surface area contributed by atoms with Crippen molar-refractivity contribution >= 4 is 17.0 Å². The molecule has 2 aromatic heterocycles. The van der Waals surface area contributed by atoms with E-state index in [1.54, 1.807) is 17.7 Å². The van der Waals surface area contributed by atoms with E-state index >= 15 is 0 Å². The Kier molecular flexibility index (Phi) is 3.87. The fourth-order valence-corrected chi connectivity index (χ4v) is 2.77. The van der Waals surface area contributed by atoms with Gasteiger partial charge in [0.15, 0.2) is 0 Å². The van der Waals surface area contributed by atoms with Gasteiger partial charge in [-0.25, -0.2) is 0 Å². The van der Waals surface area contributed by atoms with Gasteiger partial charge in [0.1, 0.15) is 0 Å². The Balaban J connectivity index is 2.13. The first-order chi connectivity index (χ1) is 8.60. The van der Waals surface area contributed by atoms with Crippen LogP contribution in [0.2, 0.25) is 0 Å². The minimum atomic E-state index is 0.0117. The quantitative estimate of drug-likeness (QED) is 0.918. The predicted molar refractivity (Wildman–Crippen MR) is 77.4 cm³/mol. The standard InChI is InChI=1S/C14H18N2OS/c1-4-12-6-7-13(18-12)10(2)15-11-5-8-14(17)16(3)9-11/h5-10,15H,4H2,1-3H3. The van der Waals surface area contributed by atoms with Crippen molar-refractivity contribution in [3.63, 3.8) is 0 Å². The molecule has 2 aromatic rings. The highest BCUT2D eigenvalue weighted by atomic mass is 32.1. The maximum Gasteiger partial charge on any atom is 0.250 e. The summed E-state index contributed by atoms with van der Waals surface area (Å²) >= 11 is 1.84. The van der Waals surface area contributed by atoms with E-state index in [0.717, 1.165) is 12.1 Å². The Bertz CT molecular complexity index is 585. The van der Waals surface area contributed by atoms with Gasteiger partial charge in [-0.2, -0.15) is 0 Å². The van der Waals surface area contributed by atoms with Gasteiger partial charge in [-0.3, -0.25) is 4.79 Å². The van der Waals surface area contributed by atoms with Crippen LogP contribution in [0.1, 0.15) is 29.6 Å². The van der Waals surface area contributed by atoms with Crippen LogP contribution in [0.15, 0.2) is 35.3 Å². The SMILES string of the molecule is CCc1ccc(C(C)Nc2ccc(=O)n(C)c2)s1. The van der Waals surface area contributed by atoms with E-state index in [2.05, 4.69) is 31.3 Å². The number of hydrogen-bond acceptors (Lipinski definition) is 3. The van der Waals surface area contributed by atoms with Gasteiger partial charge in [0.05, 0.1) is 11.7 Å². The molecule has 1 atom stereocenters. The fraction of sp³-hybridized carbons (Fsp3) is 0.357. The molecule has 96 valence electrons. The molecule has 0 aromatic carbocycles. The number of rotatable bonds is 4. The number of nitrogens with one attached hydrogen (secondary N) is 1. The third kappa shape index (κ3) is 2.82. The van der Waals surface area contributed by atoms with Gasteiger partial charge in [-0.1, -0.05) is 6.92 Å². The average molecular weight is 262 g/mol. The summed E-state index contributed by atoms with van der Waals surface area (Å²) in [6, 6.07) is 8.02. The zero-order valence-corrected chi connectivity index (χ0v) is 11.8. The predicted octanol–water partition coefficient (Wildman–Crippen LogP) is 3.18. The summed E-state index contributed by atoms with van der Waals surface area (Å²) in [4.78, 5) is 14.0. The lowest BCUT2D eigenvalue weighted by atomic mass is 10.2. The Morgan fingerprint density at radius 3 is 2.72 bits per heavy atom. The van der Waals surface area contributed by atoms with E-state index in [1.165, 1.54) is 9.75 Å². The third-order valence-corrected chi connectivity index (χ3v) is 4.34. The van der Waals surface area contributed by atoms with Crippen LogP contribution < -0.4 is 10.9 Å². The molecular formula is C14H18N2OS. The molecule has 2 rings (SSSR count). The van der Waals surface area contributed by atoms with E-state index in [-0.39, 0.29) is 11.6 Å². The Hall–Kier alpha value is -1.55. The minimum Gasteiger partial charge on any atom is -0.377 e. The Labute approximate surface area is 111 Å². The molecule has 0 aliphatic carbocycles. The van der Waals surface area contributed by atoms with Crippen LogP contribution in [-0.4, -0.2) is 4.57 Å². The molecule has 3 nitrogen and oxygen atoms in total. The molecule has 4 heteroatoms. The van der Waals surface area contributed by atoms with Crippen LogP contribution in [0.3, 0.4) is 0 Å². The second-order valence-electron chi connectivity index (χ2n) is 4.39. The zero-order valence-electron chi connectivity index (χ0n) is 10.9. The number of aryl methyl sites for hydroxylation is 2. The molecule has 2 heterocycles. The highest BCUT2D eigenvalue weighted by molar-refractivity contribution is 7.12. The lowest BCUT2D eigenvalue weighted by molar-refractivity contribution is 0.845. The second kappa shape index (κ2) is 5.40. The second-order valence-corrected chi connectivity index (χ2v) is 5.59. The van der Waals surface area contributed by atoms with Gasteiger partial charge >= 0.3 is 0 Å². The van der Waals surface area contributed by atoms with Crippen molar-refractivity contribution in [1.29, 1.82) is 0 Å². The molecule has 1 N–H and O–H groups in total.